The fraction of sp³-hybridized carbons (Fsp3) is 0.545. The highest BCUT2D eigenvalue weighted by atomic mass is 15.2. The van der Waals surface area contributed by atoms with E-state index in [9.17, 15) is 0 Å². The SMILES string of the molecule is CCn1ccnc1CNCCc1nncn1C. The second kappa shape index (κ2) is 5.58. The lowest BCUT2D eigenvalue weighted by Gasteiger charge is -2.06. The maximum Gasteiger partial charge on any atom is 0.133 e. The molecule has 0 fully saturated rings. The molecule has 1 N–H and O–H groups in total. The molecule has 0 bridgehead atoms. The second-order valence-corrected chi connectivity index (χ2v) is 3.91. The van der Waals surface area contributed by atoms with E-state index in [4.69, 9.17) is 0 Å². The fourth-order valence-electron chi connectivity index (χ4n) is 1.73. The Morgan fingerprint density at radius 1 is 1.35 bits per heavy atom. The first-order valence-electron chi connectivity index (χ1n) is 5.85. The summed E-state index contributed by atoms with van der Waals surface area (Å²) in [6.07, 6.45) is 6.44. The number of hydrogen-bond donors (Lipinski definition) is 1. The third-order valence-electron chi connectivity index (χ3n) is 2.76. The molecule has 2 rings (SSSR count). The highest BCUT2D eigenvalue weighted by molar-refractivity contribution is 4.92. The van der Waals surface area contributed by atoms with Crippen molar-refractivity contribution in [3.05, 3.63) is 30.4 Å². The van der Waals surface area contributed by atoms with Crippen molar-refractivity contribution in [2.75, 3.05) is 6.54 Å². The van der Waals surface area contributed by atoms with E-state index in [1.165, 1.54) is 0 Å². The summed E-state index contributed by atoms with van der Waals surface area (Å²) in [5.74, 6) is 2.07. The van der Waals surface area contributed by atoms with E-state index in [0.29, 0.717) is 0 Å². The smallest absolute Gasteiger partial charge is 0.133 e. The van der Waals surface area contributed by atoms with Crippen LogP contribution in [0.25, 0.3) is 0 Å². The largest absolute Gasteiger partial charge is 0.334 e. The van der Waals surface area contributed by atoms with Crippen LogP contribution in [0.1, 0.15) is 18.6 Å². The van der Waals surface area contributed by atoms with Gasteiger partial charge in [0.05, 0.1) is 6.54 Å². The van der Waals surface area contributed by atoms with Gasteiger partial charge >= 0.3 is 0 Å². The summed E-state index contributed by atoms with van der Waals surface area (Å²) >= 11 is 0. The zero-order valence-corrected chi connectivity index (χ0v) is 10.3. The van der Waals surface area contributed by atoms with E-state index >= 15 is 0 Å². The number of imidazole rings is 1. The number of rotatable bonds is 6. The van der Waals surface area contributed by atoms with E-state index in [1.54, 1.807) is 6.33 Å². The van der Waals surface area contributed by atoms with Crippen LogP contribution in [0.2, 0.25) is 0 Å². The summed E-state index contributed by atoms with van der Waals surface area (Å²) in [7, 11) is 1.96. The standard InChI is InChI=1S/C11H18N6/c1-3-17-7-6-13-11(17)8-12-5-4-10-15-14-9-16(10)2/h6-7,9,12H,3-5,8H2,1-2H3. The van der Waals surface area contributed by atoms with Gasteiger partial charge in [-0.05, 0) is 6.92 Å². The average Bonchev–Trinajstić information content (AvgIpc) is 2.93. The van der Waals surface area contributed by atoms with Crippen LogP contribution < -0.4 is 5.32 Å². The first kappa shape index (κ1) is 11.8. The van der Waals surface area contributed by atoms with Gasteiger partial charge in [0.2, 0.25) is 0 Å². The van der Waals surface area contributed by atoms with Gasteiger partial charge in [-0.15, -0.1) is 10.2 Å². The molecular formula is C11H18N6. The third-order valence-corrected chi connectivity index (χ3v) is 2.76. The van der Waals surface area contributed by atoms with Crippen LogP contribution in [0.4, 0.5) is 0 Å². The van der Waals surface area contributed by atoms with Gasteiger partial charge in [-0.1, -0.05) is 0 Å². The van der Waals surface area contributed by atoms with E-state index in [2.05, 4.69) is 32.0 Å². The Hall–Kier alpha value is -1.69. The van der Waals surface area contributed by atoms with Gasteiger partial charge in [-0.2, -0.15) is 0 Å². The van der Waals surface area contributed by atoms with Gasteiger partial charge in [-0.3, -0.25) is 0 Å². The van der Waals surface area contributed by atoms with Crippen LogP contribution in [0.3, 0.4) is 0 Å². The normalized spacial score (nSPS) is 10.9. The zero-order chi connectivity index (χ0) is 12.1. The molecule has 0 aromatic carbocycles. The van der Waals surface area contributed by atoms with Crippen LogP contribution in [0.15, 0.2) is 18.7 Å². The topological polar surface area (TPSA) is 60.6 Å². The molecule has 0 unspecified atom stereocenters. The summed E-state index contributed by atoms with van der Waals surface area (Å²) in [6, 6.07) is 0. The lowest BCUT2D eigenvalue weighted by atomic mass is 10.4. The molecule has 0 amide bonds. The lowest BCUT2D eigenvalue weighted by molar-refractivity contribution is 0.601. The summed E-state index contributed by atoms with van der Waals surface area (Å²) in [6.45, 7) is 4.74. The molecule has 92 valence electrons. The van der Waals surface area contributed by atoms with E-state index in [0.717, 1.165) is 37.7 Å². The zero-order valence-electron chi connectivity index (χ0n) is 10.3. The molecule has 0 aliphatic rings. The quantitative estimate of drug-likeness (QED) is 0.733. The molecular weight excluding hydrogens is 216 g/mol. The molecule has 2 heterocycles. The highest BCUT2D eigenvalue weighted by Gasteiger charge is 2.02. The van der Waals surface area contributed by atoms with Gasteiger partial charge in [0.15, 0.2) is 0 Å². The first-order valence-corrected chi connectivity index (χ1v) is 5.85. The summed E-state index contributed by atoms with van der Waals surface area (Å²) in [5, 5.41) is 11.2. The molecule has 2 aromatic rings. The van der Waals surface area contributed by atoms with Gasteiger partial charge in [-0.25, -0.2) is 4.98 Å². The number of hydrogen-bond acceptors (Lipinski definition) is 4. The average molecular weight is 234 g/mol. The molecule has 2 aromatic heterocycles. The number of aromatic nitrogens is 5. The summed E-state index contributed by atoms with van der Waals surface area (Å²) < 4.78 is 4.07. The number of nitrogens with zero attached hydrogens (tertiary/aromatic N) is 5. The van der Waals surface area contributed by atoms with Crippen molar-refractivity contribution in [1.82, 2.24) is 29.6 Å². The maximum absolute atomic E-state index is 4.31. The molecule has 0 aliphatic carbocycles. The minimum Gasteiger partial charge on any atom is -0.334 e. The van der Waals surface area contributed by atoms with Crippen LogP contribution in [0.5, 0.6) is 0 Å². The Morgan fingerprint density at radius 3 is 2.94 bits per heavy atom. The monoisotopic (exact) mass is 234 g/mol. The van der Waals surface area contributed by atoms with E-state index < -0.39 is 0 Å². The molecule has 6 nitrogen and oxygen atoms in total. The van der Waals surface area contributed by atoms with Crippen molar-refractivity contribution in [1.29, 1.82) is 0 Å². The Morgan fingerprint density at radius 2 is 2.24 bits per heavy atom. The molecule has 0 aliphatic heterocycles. The Labute approximate surface area is 101 Å². The molecule has 0 atom stereocenters. The van der Waals surface area contributed by atoms with Crippen molar-refractivity contribution >= 4 is 0 Å². The molecule has 17 heavy (non-hydrogen) atoms. The van der Waals surface area contributed by atoms with Crippen LogP contribution >= 0.6 is 0 Å². The van der Waals surface area contributed by atoms with Crippen LogP contribution in [-0.2, 0) is 26.6 Å². The number of nitrogens with one attached hydrogen (secondary N) is 1. The Bertz CT molecular complexity index is 458. The summed E-state index contributed by atoms with van der Waals surface area (Å²) in [5.41, 5.74) is 0. The maximum atomic E-state index is 4.31. The molecule has 0 saturated carbocycles. The second-order valence-electron chi connectivity index (χ2n) is 3.91. The van der Waals surface area contributed by atoms with Crippen LogP contribution in [0, 0.1) is 0 Å². The first-order chi connectivity index (χ1) is 8.31. The van der Waals surface area contributed by atoms with Crippen molar-refractivity contribution in [2.45, 2.75) is 26.4 Å². The van der Waals surface area contributed by atoms with Crippen molar-refractivity contribution < 1.29 is 0 Å². The molecule has 0 saturated heterocycles. The van der Waals surface area contributed by atoms with E-state index in [1.807, 2.05) is 24.0 Å². The minimum absolute atomic E-state index is 0.790. The fourth-order valence-corrected chi connectivity index (χ4v) is 1.73. The predicted molar refractivity (Wildman–Crippen MR) is 64.3 cm³/mol. The third kappa shape index (κ3) is 2.91. The van der Waals surface area contributed by atoms with Gasteiger partial charge < -0.3 is 14.5 Å². The van der Waals surface area contributed by atoms with Crippen molar-refractivity contribution in [3.8, 4) is 0 Å². The minimum atomic E-state index is 0.790. The predicted octanol–water partition coefficient (Wildman–Crippen LogP) is 0.364. The van der Waals surface area contributed by atoms with Crippen molar-refractivity contribution in [3.63, 3.8) is 0 Å². The van der Waals surface area contributed by atoms with Crippen molar-refractivity contribution in [2.24, 2.45) is 7.05 Å². The molecule has 0 radical (unpaired) electrons. The number of aryl methyl sites for hydroxylation is 2. The van der Waals surface area contributed by atoms with Gasteiger partial charge in [0.25, 0.3) is 0 Å². The van der Waals surface area contributed by atoms with E-state index in [-0.39, 0.29) is 0 Å². The molecule has 6 heteroatoms. The highest BCUT2D eigenvalue weighted by Crippen LogP contribution is 1.97. The van der Waals surface area contributed by atoms with Gasteiger partial charge in [0.1, 0.15) is 18.0 Å². The molecule has 0 spiro atoms. The van der Waals surface area contributed by atoms with Gasteiger partial charge in [0, 0.05) is 39.0 Å². The summed E-state index contributed by atoms with van der Waals surface area (Å²) in [4.78, 5) is 4.31. The Kier molecular flexibility index (Phi) is 3.87. The Balaban J connectivity index is 1.75. The lowest BCUT2D eigenvalue weighted by Crippen LogP contribution is -2.20. The van der Waals surface area contributed by atoms with Crippen LogP contribution in [-0.4, -0.2) is 30.9 Å².